The highest BCUT2D eigenvalue weighted by Crippen LogP contribution is 2.17. The second kappa shape index (κ2) is 6.18. The van der Waals surface area contributed by atoms with Gasteiger partial charge in [-0.2, -0.15) is 11.8 Å². The van der Waals surface area contributed by atoms with E-state index in [2.05, 4.69) is 5.32 Å². The van der Waals surface area contributed by atoms with Crippen molar-refractivity contribution in [1.82, 2.24) is 5.32 Å². The van der Waals surface area contributed by atoms with Crippen LogP contribution in [-0.2, 0) is 4.79 Å². The van der Waals surface area contributed by atoms with Crippen LogP contribution in [0, 0.1) is 5.92 Å². The maximum Gasteiger partial charge on any atom is 0.221 e. The van der Waals surface area contributed by atoms with Crippen molar-refractivity contribution in [3.63, 3.8) is 0 Å². The predicted octanol–water partition coefficient (Wildman–Crippen LogP) is 1.18. The van der Waals surface area contributed by atoms with Gasteiger partial charge in [-0.25, -0.2) is 0 Å². The Morgan fingerprint density at radius 3 is 2.93 bits per heavy atom. The Morgan fingerprint density at radius 2 is 2.40 bits per heavy atom. The Kier molecular flexibility index (Phi) is 5.19. The first kappa shape index (κ1) is 12.6. The van der Waals surface area contributed by atoms with Gasteiger partial charge in [0, 0.05) is 30.2 Å². The third-order valence-electron chi connectivity index (χ3n) is 2.63. The molecule has 0 aliphatic heterocycles. The van der Waals surface area contributed by atoms with Crippen molar-refractivity contribution in [1.29, 1.82) is 0 Å². The Labute approximate surface area is 95.3 Å². The van der Waals surface area contributed by atoms with Crippen LogP contribution >= 0.6 is 11.8 Å². The molecule has 1 aliphatic rings. The van der Waals surface area contributed by atoms with Gasteiger partial charge in [-0.1, -0.05) is 19.1 Å². The Hall–Kier alpha value is -0.480. The average molecular weight is 229 g/mol. The molecule has 0 aromatic carbocycles. The van der Waals surface area contributed by atoms with Crippen LogP contribution in [0.15, 0.2) is 12.2 Å². The molecule has 4 heteroatoms. The van der Waals surface area contributed by atoms with Crippen molar-refractivity contribution in [3.8, 4) is 0 Å². The van der Waals surface area contributed by atoms with Crippen LogP contribution in [0.1, 0.15) is 19.8 Å². The van der Waals surface area contributed by atoms with E-state index in [9.17, 15) is 4.79 Å². The van der Waals surface area contributed by atoms with E-state index in [-0.39, 0.29) is 24.5 Å². The molecule has 0 bridgehead atoms. The summed E-state index contributed by atoms with van der Waals surface area (Å²) in [7, 11) is 0. The number of amides is 1. The number of hydrogen-bond donors (Lipinski definition) is 2. The van der Waals surface area contributed by atoms with E-state index in [1.54, 1.807) is 11.8 Å². The zero-order valence-electron chi connectivity index (χ0n) is 9.27. The maximum atomic E-state index is 11.5. The molecular weight excluding hydrogens is 210 g/mol. The molecule has 1 amide bonds. The molecule has 1 unspecified atom stereocenters. The molecule has 0 radical (unpaired) electrons. The van der Waals surface area contributed by atoms with E-state index in [0.29, 0.717) is 11.7 Å². The van der Waals surface area contributed by atoms with E-state index in [0.717, 1.165) is 6.42 Å². The van der Waals surface area contributed by atoms with Crippen molar-refractivity contribution in [2.45, 2.75) is 31.1 Å². The number of nitrogens with one attached hydrogen (secondary N) is 1. The second-order valence-electron chi connectivity index (χ2n) is 3.99. The molecule has 0 spiro atoms. The number of aliphatic hydroxyl groups is 1. The van der Waals surface area contributed by atoms with Crippen molar-refractivity contribution < 1.29 is 9.90 Å². The summed E-state index contributed by atoms with van der Waals surface area (Å²) in [5, 5.41) is 12.3. The molecular formula is C11H19NO2S. The smallest absolute Gasteiger partial charge is 0.221 e. The molecule has 1 aliphatic carbocycles. The fourth-order valence-corrected chi connectivity index (χ4v) is 1.95. The Bertz CT molecular complexity index is 243. The SMILES string of the molecule is CSC(C)CC(=O)N[C@@H]1C=C[C@H](CO)C1. The van der Waals surface area contributed by atoms with Crippen LogP contribution in [0.3, 0.4) is 0 Å². The van der Waals surface area contributed by atoms with Crippen molar-refractivity contribution >= 4 is 17.7 Å². The summed E-state index contributed by atoms with van der Waals surface area (Å²) in [5.74, 6) is 0.318. The molecule has 0 saturated heterocycles. The highest BCUT2D eigenvalue weighted by atomic mass is 32.2. The average Bonchev–Trinajstić information content (AvgIpc) is 2.65. The third-order valence-corrected chi connectivity index (χ3v) is 3.60. The minimum Gasteiger partial charge on any atom is -0.396 e. The first-order valence-electron chi connectivity index (χ1n) is 5.27. The number of rotatable bonds is 5. The van der Waals surface area contributed by atoms with E-state index in [1.807, 2.05) is 25.3 Å². The third kappa shape index (κ3) is 4.26. The molecule has 3 nitrogen and oxygen atoms in total. The van der Waals surface area contributed by atoms with Crippen molar-refractivity contribution in [2.75, 3.05) is 12.9 Å². The van der Waals surface area contributed by atoms with Crippen LogP contribution < -0.4 is 5.32 Å². The molecule has 3 atom stereocenters. The summed E-state index contributed by atoms with van der Waals surface area (Å²) in [5.41, 5.74) is 0. The van der Waals surface area contributed by atoms with E-state index >= 15 is 0 Å². The predicted molar refractivity (Wildman–Crippen MR) is 63.9 cm³/mol. The lowest BCUT2D eigenvalue weighted by atomic mass is 10.1. The van der Waals surface area contributed by atoms with Gasteiger partial charge in [-0.3, -0.25) is 4.79 Å². The lowest BCUT2D eigenvalue weighted by Crippen LogP contribution is -2.34. The molecule has 0 saturated carbocycles. The highest BCUT2D eigenvalue weighted by molar-refractivity contribution is 7.99. The normalized spacial score (nSPS) is 26.6. The summed E-state index contributed by atoms with van der Waals surface area (Å²) in [4.78, 5) is 11.5. The zero-order chi connectivity index (χ0) is 11.3. The molecule has 0 aromatic heterocycles. The summed E-state index contributed by atoms with van der Waals surface area (Å²) in [6, 6.07) is 0.115. The van der Waals surface area contributed by atoms with Crippen molar-refractivity contribution in [2.24, 2.45) is 5.92 Å². The van der Waals surface area contributed by atoms with E-state index in [4.69, 9.17) is 5.11 Å². The van der Waals surface area contributed by atoms with Crippen LogP contribution in [-0.4, -0.2) is 35.2 Å². The molecule has 1 rings (SSSR count). The van der Waals surface area contributed by atoms with Gasteiger partial charge in [-0.05, 0) is 12.7 Å². The van der Waals surface area contributed by atoms with E-state index < -0.39 is 0 Å². The molecule has 0 aromatic rings. The topological polar surface area (TPSA) is 49.3 Å². The highest BCUT2D eigenvalue weighted by Gasteiger charge is 2.20. The summed E-state index contributed by atoms with van der Waals surface area (Å²) in [6.45, 7) is 2.22. The molecule has 2 N–H and O–H groups in total. The van der Waals surface area contributed by atoms with E-state index in [1.165, 1.54) is 0 Å². The number of carbonyl (C=O) groups is 1. The zero-order valence-corrected chi connectivity index (χ0v) is 10.1. The monoisotopic (exact) mass is 229 g/mol. The van der Waals surface area contributed by atoms with Gasteiger partial charge in [0.1, 0.15) is 0 Å². The summed E-state index contributed by atoms with van der Waals surface area (Å²) >= 11 is 1.70. The minimum atomic E-state index is 0.102. The standard InChI is InChI=1S/C11H19NO2S/c1-8(15-2)5-11(14)12-10-4-3-9(6-10)7-13/h3-4,8-10,13H,5-7H2,1-2H3,(H,12,14)/t8?,9-,10+/m0/s1. The van der Waals surface area contributed by atoms with Gasteiger partial charge in [0.15, 0.2) is 0 Å². The minimum absolute atomic E-state index is 0.102. The molecule has 0 heterocycles. The van der Waals surface area contributed by atoms with Gasteiger partial charge in [-0.15, -0.1) is 0 Å². The van der Waals surface area contributed by atoms with Gasteiger partial charge < -0.3 is 10.4 Å². The number of aliphatic hydroxyl groups excluding tert-OH is 1. The van der Waals surface area contributed by atoms with Gasteiger partial charge >= 0.3 is 0 Å². The lowest BCUT2D eigenvalue weighted by Gasteiger charge is -2.14. The molecule has 86 valence electrons. The Morgan fingerprint density at radius 1 is 1.67 bits per heavy atom. The summed E-state index contributed by atoms with van der Waals surface area (Å²) < 4.78 is 0. The number of carbonyl (C=O) groups excluding carboxylic acids is 1. The first-order chi connectivity index (χ1) is 7.15. The molecule has 15 heavy (non-hydrogen) atoms. The maximum absolute atomic E-state index is 11.5. The largest absolute Gasteiger partial charge is 0.396 e. The van der Waals surface area contributed by atoms with Gasteiger partial charge in [0.2, 0.25) is 5.91 Å². The quantitative estimate of drug-likeness (QED) is 0.696. The fourth-order valence-electron chi connectivity index (χ4n) is 1.63. The van der Waals surface area contributed by atoms with Crippen LogP contribution in [0.2, 0.25) is 0 Å². The van der Waals surface area contributed by atoms with Crippen LogP contribution in [0.25, 0.3) is 0 Å². The number of thioether (sulfide) groups is 1. The lowest BCUT2D eigenvalue weighted by molar-refractivity contribution is -0.121. The summed E-state index contributed by atoms with van der Waals surface area (Å²) in [6.07, 6.45) is 7.35. The van der Waals surface area contributed by atoms with Gasteiger partial charge in [0.25, 0.3) is 0 Å². The van der Waals surface area contributed by atoms with Crippen LogP contribution in [0.4, 0.5) is 0 Å². The van der Waals surface area contributed by atoms with Gasteiger partial charge in [0.05, 0.1) is 0 Å². The second-order valence-corrected chi connectivity index (χ2v) is 5.26. The Balaban J connectivity index is 2.25. The molecule has 0 fully saturated rings. The first-order valence-corrected chi connectivity index (χ1v) is 6.55. The fraction of sp³-hybridized carbons (Fsp3) is 0.727. The number of hydrogen-bond acceptors (Lipinski definition) is 3. The van der Waals surface area contributed by atoms with Crippen LogP contribution in [0.5, 0.6) is 0 Å². The van der Waals surface area contributed by atoms with Crippen molar-refractivity contribution in [3.05, 3.63) is 12.2 Å².